The Morgan fingerprint density at radius 1 is 1.07 bits per heavy atom. The van der Waals surface area contributed by atoms with Crippen molar-refractivity contribution in [2.75, 3.05) is 6.61 Å². The number of cyclic esters (lactones) is 1. The van der Waals surface area contributed by atoms with E-state index in [4.69, 9.17) is 13.9 Å². The fourth-order valence-corrected chi connectivity index (χ4v) is 3.26. The largest absolute Gasteiger partial charge is 0.494 e. The van der Waals surface area contributed by atoms with Gasteiger partial charge in [-0.15, -0.1) is 0 Å². The zero-order valence-electron chi connectivity index (χ0n) is 16.6. The van der Waals surface area contributed by atoms with Gasteiger partial charge in [0.1, 0.15) is 11.5 Å². The summed E-state index contributed by atoms with van der Waals surface area (Å²) in [7, 11) is 0. The predicted molar refractivity (Wildman–Crippen MR) is 109 cm³/mol. The van der Waals surface area contributed by atoms with Crippen LogP contribution in [0, 0.1) is 6.92 Å². The molecule has 1 saturated heterocycles. The molecule has 1 unspecified atom stereocenters. The van der Waals surface area contributed by atoms with Crippen molar-refractivity contribution in [3.8, 4) is 17.2 Å². The number of ether oxygens (including phenoxy) is 2. The number of hydrogen-bond acceptors (Lipinski definition) is 6. The highest BCUT2D eigenvalue weighted by Crippen LogP contribution is 2.22. The van der Waals surface area contributed by atoms with Gasteiger partial charge in [-0.25, -0.2) is 9.78 Å². The van der Waals surface area contributed by atoms with Crippen LogP contribution in [-0.2, 0) is 22.4 Å². The van der Waals surface area contributed by atoms with E-state index in [0.717, 1.165) is 41.2 Å². The quantitative estimate of drug-likeness (QED) is 0.572. The minimum atomic E-state index is -0.768. The molecule has 2 aromatic carbocycles. The maximum Gasteiger partial charge on any atom is 0.414 e. The van der Waals surface area contributed by atoms with Crippen LogP contribution in [0.2, 0.25) is 0 Å². The number of aryl methyl sites for hydroxylation is 2. The normalized spacial score (nSPS) is 15.7. The summed E-state index contributed by atoms with van der Waals surface area (Å²) in [5.74, 6) is 1.81. The fraction of sp³-hybridized carbons (Fsp3) is 0.261. The van der Waals surface area contributed by atoms with Crippen LogP contribution in [0.25, 0.3) is 11.5 Å². The van der Waals surface area contributed by atoms with E-state index in [1.165, 1.54) is 0 Å². The van der Waals surface area contributed by atoms with E-state index in [-0.39, 0.29) is 0 Å². The Hall–Kier alpha value is -3.61. The SMILES string of the molecule is Cc1oc(-c2ccccc2)nc1CCCOc1ccc(CC2OC(=O)NC2=O)cc1. The first kappa shape index (κ1) is 19.7. The number of benzene rings is 2. The number of carbonyl (C=O) groups is 2. The first-order valence-corrected chi connectivity index (χ1v) is 9.83. The molecule has 1 aliphatic heterocycles. The topological polar surface area (TPSA) is 90.7 Å². The van der Waals surface area contributed by atoms with Crippen molar-refractivity contribution in [2.24, 2.45) is 0 Å². The minimum absolute atomic E-state index is 0.340. The number of nitrogens with zero attached hydrogens (tertiary/aromatic N) is 1. The summed E-state index contributed by atoms with van der Waals surface area (Å²) in [5.41, 5.74) is 2.80. The van der Waals surface area contributed by atoms with Gasteiger partial charge in [0.2, 0.25) is 5.89 Å². The lowest BCUT2D eigenvalue weighted by Gasteiger charge is -2.09. The molecule has 0 spiro atoms. The second-order valence-corrected chi connectivity index (χ2v) is 7.07. The molecular formula is C23H22N2O5. The lowest BCUT2D eigenvalue weighted by Crippen LogP contribution is -2.25. The van der Waals surface area contributed by atoms with Crippen LogP contribution in [0.15, 0.2) is 59.0 Å². The maximum absolute atomic E-state index is 11.6. The van der Waals surface area contributed by atoms with Crippen LogP contribution in [0.1, 0.15) is 23.4 Å². The Morgan fingerprint density at radius 2 is 1.83 bits per heavy atom. The summed E-state index contributed by atoms with van der Waals surface area (Å²) < 4.78 is 16.5. The van der Waals surface area contributed by atoms with Crippen molar-refractivity contribution < 1.29 is 23.5 Å². The van der Waals surface area contributed by atoms with E-state index < -0.39 is 18.1 Å². The molecule has 4 rings (SSSR count). The smallest absolute Gasteiger partial charge is 0.414 e. The van der Waals surface area contributed by atoms with Gasteiger partial charge in [-0.3, -0.25) is 10.1 Å². The Morgan fingerprint density at radius 3 is 2.53 bits per heavy atom. The second-order valence-electron chi connectivity index (χ2n) is 7.07. The summed E-state index contributed by atoms with van der Waals surface area (Å²) in [5, 5.41) is 2.12. The second kappa shape index (κ2) is 8.82. The van der Waals surface area contributed by atoms with E-state index in [9.17, 15) is 9.59 Å². The van der Waals surface area contributed by atoms with Gasteiger partial charge in [-0.2, -0.15) is 0 Å². The van der Waals surface area contributed by atoms with Crippen molar-refractivity contribution in [1.82, 2.24) is 10.3 Å². The van der Waals surface area contributed by atoms with Crippen LogP contribution < -0.4 is 10.1 Å². The molecule has 0 bridgehead atoms. The molecule has 1 N–H and O–H groups in total. The average Bonchev–Trinajstić information content (AvgIpc) is 3.28. The highest BCUT2D eigenvalue weighted by atomic mass is 16.6. The first-order valence-electron chi connectivity index (χ1n) is 9.83. The zero-order valence-corrected chi connectivity index (χ0v) is 16.6. The molecule has 154 valence electrons. The third-order valence-electron chi connectivity index (χ3n) is 4.85. The van der Waals surface area contributed by atoms with Crippen molar-refractivity contribution in [3.05, 3.63) is 71.6 Å². The van der Waals surface area contributed by atoms with Gasteiger partial charge in [0, 0.05) is 12.0 Å². The molecule has 0 radical (unpaired) electrons. The van der Waals surface area contributed by atoms with Gasteiger partial charge in [0.05, 0.1) is 12.3 Å². The standard InChI is InChI=1S/C23H22N2O5/c1-15-19(24-22(29-15)17-6-3-2-4-7-17)8-5-13-28-18-11-9-16(10-12-18)14-20-21(26)25-23(27)30-20/h2-4,6-7,9-12,20H,5,8,13-14H2,1H3,(H,25,26,27). The van der Waals surface area contributed by atoms with Gasteiger partial charge >= 0.3 is 6.09 Å². The van der Waals surface area contributed by atoms with Gasteiger partial charge in [-0.1, -0.05) is 30.3 Å². The number of carbonyl (C=O) groups excluding carboxylic acids is 2. The molecule has 0 saturated carbocycles. The Kier molecular flexibility index (Phi) is 5.79. The molecule has 1 atom stereocenters. The highest BCUT2D eigenvalue weighted by molar-refractivity contribution is 6.00. The number of aromatic nitrogens is 1. The fourth-order valence-electron chi connectivity index (χ4n) is 3.26. The number of oxazole rings is 1. The van der Waals surface area contributed by atoms with Crippen LogP contribution in [0.4, 0.5) is 4.79 Å². The van der Waals surface area contributed by atoms with E-state index in [0.29, 0.717) is 18.9 Å². The molecule has 2 heterocycles. The van der Waals surface area contributed by atoms with E-state index in [2.05, 4.69) is 10.3 Å². The summed E-state index contributed by atoms with van der Waals surface area (Å²) in [6.07, 6.45) is 0.454. The van der Waals surface area contributed by atoms with E-state index in [1.807, 2.05) is 61.5 Å². The molecular weight excluding hydrogens is 384 g/mol. The number of amides is 2. The number of hydrogen-bond donors (Lipinski definition) is 1. The molecule has 1 aromatic heterocycles. The first-order chi connectivity index (χ1) is 14.6. The molecule has 2 amide bonds. The molecule has 0 aliphatic carbocycles. The summed E-state index contributed by atoms with van der Waals surface area (Å²) in [4.78, 5) is 27.2. The van der Waals surface area contributed by atoms with E-state index >= 15 is 0 Å². The lowest BCUT2D eigenvalue weighted by atomic mass is 10.1. The minimum Gasteiger partial charge on any atom is -0.494 e. The third-order valence-corrected chi connectivity index (χ3v) is 4.85. The zero-order chi connectivity index (χ0) is 20.9. The molecule has 1 aliphatic rings. The molecule has 1 fully saturated rings. The number of imide groups is 1. The Labute approximate surface area is 174 Å². The number of rotatable bonds is 8. The van der Waals surface area contributed by atoms with Crippen LogP contribution in [-0.4, -0.2) is 29.7 Å². The summed E-state index contributed by atoms with van der Waals surface area (Å²) >= 11 is 0. The molecule has 30 heavy (non-hydrogen) atoms. The third kappa shape index (κ3) is 4.68. The summed E-state index contributed by atoms with van der Waals surface area (Å²) in [6.45, 7) is 2.48. The van der Waals surface area contributed by atoms with Gasteiger partial charge in [0.15, 0.2) is 6.10 Å². The highest BCUT2D eigenvalue weighted by Gasteiger charge is 2.31. The van der Waals surface area contributed by atoms with Crippen LogP contribution in [0.5, 0.6) is 5.75 Å². The van der Waals surface area contributed by atoms with Crippen molar-refractivity contribution in [1.29, 1.82) is 0 Å². The van der Waals surface area contributed by atoms with Gasteiger partial charge in [0.25, 0.3) is 5.91 Å². The van der Waals surface area contributed by atoms with Gasteiger partial charge < -0.3 is 13.9 Å². The van der Waals surface area contributed by atoms with Crippen molar-refractivity contribution in [3.63, 3.8) is 0 Å². The van der Waals surface area contributed by atoms with E-state index in [1.54, 1.807) is 0 Å². The molecule has 7 nitrogen and oxygen atoms in total. The van der Waals surface area contributed by atoms with Crippen molar-refractivity contribution >= 4 is 12.0 Å². The average molecular weight is 406 g/mol. The van der Waals surface area contributed by atoms with Crippen LogP contribution in [0.3, 0.4) is 0 Å². The maximum atomic E-state index is 11.6. The predicted octanol–water partition coefficient (Wildman–Crippen LogP) is 3.84. The van der Waals surface area contributed by atoms with Gasteiger partial charge in [-0.05, 0) is 49.6 Å². The Bertz CT molecular complexity index is 1030. The van der Waals surface area contributed by atoms with Crippen LogP contribution >= 0.6 is 0 Å². The Balaban J connectivity index is 1.24. The number of nitrogens with one attached hydrogen (secondary N) is 1. The van der Waals surface area contributed by atoms with Crippen molar-refractivity contribution in [2.45, 2.75) is 32.3 Å². The molecule has 3 aromatic rings. The summed E-state index contributed by atoms with van der Waals surface area (Å²) in [6, 6.07) is 17.3. The monoisotopic (exact) mass is 406 g/mol. The number of alkyl carbamates (subject to hydrolysis) is 1. The lowest BCUT2D eigenvalue weighted by molar-refractivity contribution is -0.123. The molecule has 7 heteroatoms.